The van der Waals surface area contributed by atoms with E-state index in [0.29, 0.717) is 17.9 Å². The predicted octanol–water partition coefficient (Wildman–Crippen LogP) is 1.82. The largest absolute Gasteiger partial charge is 0.464 e. The van der Waals surface area contributed by atoms with E-state index in [1.54, 1.807) is 13.8 Å². The molecule has 6 heteroatoms. The molecule has 18 heavy (non-hydrogen) atoms. The molecule has 98 valence electrons. The Hall–Kier alpha value is -1.69. The van der Waals surface area contributed by atoms with Crippen LogP contribution >= 0.6 is 12.2 Å². The molecular formula is C12H15FN2O2S. The molecule has 0 aliphatic heterocycles. The van der Waals surface area contributed by atoms with Gasteiger partial charge in [0.05, 0.1) is 6.61 Å². The van der Waals surface area contributed by atoms with E-state index in [9.17, 15) is 9.18 Å². The number of hydrogen-bond donors (Lipinski definition) is 2. The lowest BCUT2D eigenvalue weighted by molar-refractivity contribution is -0.143. The number of carbonyl (C=O) groups is 1. The first-order valence-corrected chi connectivity index (χ1v) is 5.89. The van der Waals surface area contributed by atoms with E-state index in [1.807, 2.05) is 0 Å². The first-order chi connectivity index (χ1) is 8.45. The van der Waals surface area contributed by atoms with Gasteiger partial charge in [0.15, 0.2) is 0 Å². The van der Waals surface area contributed by atoms with Crippen LogP contribution in [0.5, 0.6) is 0 Å². The average molecular weight is 270 g/mol. The van der Waals surface area contributed by atoms with Crippen LogP contribution in [-0.2, 0) is 9.53 Å². The quantitative estimate of drug-likeness (QED) is 0.631. The maximum atomic E-state index is 13.1. The summed E-state index contributed by atoms with van der Waals surface area (Å²) in [6, 6.07) is 3.41. The van der Waals surface area contributed by atoms with E-state index >= 15 is 0 Å². The number of nitrogens with two attached hydrogens (primary N) is 1. The Labute approximate surface area is 110 Å². The van der Waals surface area contributed by atoms with Gasteiger partial charge in [-0.15, -0.1) is 0 Å². The van der Waals surface area contributed by atoms with Gasteiger partial charge < -0.3 is 15.8 Å². The van der Waals surface area contributed by atoms with Gasteiger partial charge in [-0.05, 0) is 32.0 Å². The van der Waals surface area contributed by atoms with Crippen molar-refractivity contribution in [3.05, 3.63) is 29.6 Å². The minimum absolute atomic E-state index is 0.0630. The molecule has 1 aromatic carbocycles. The third kappa shape index (κ3) is 3.66. The number of nitrogens with one attached hydrogen (secondary N) is 1. The molecule has 1 aromatic rings. The Morgan fingerprint density at radius 1 is 1.61 bits per heavy atom. The number of carbonyl (C=O) groups excluding carboxylic acids is 1. The fourth-order valence-electron chi connectivity index (χ4n) is 1.41. The van der Waals surface area contributed by atoms with E-state index in [0.717, 1.165) is 0 Å². The lowest BCUT2D eigenvalue weighted by atomic mass is 10.1. The summed E-state index contributed by atoms with van der Waals surface area (Å²) >= 11 is 4.83. The molecule has 0 radical (unpaired) electrons. The second-order valence-corrected chi connectivity index (χ2v) is 4.11. The second kappa shape index (κ2) is 6.30. The van der Waals surface area contributed by atoms with E-state index in [1.165, 1.54) is 18.2 Å². The minimum atomic E-state index is -0.566. The maximum absolute atomic E-state index is 13.1. The van der Waals surface area contributed by atoms with Crippen LogP contribution in [0.15, 0.2) is 18.2 Å². The maximum Gasteiger partial charge on any atom is 0.328 e. The zero-order valence-electron chi connectivity index (χ0n) is 10.2. The Balaban J connectivity index is 2.90. The molecule has 0 fully saturated rings. The van der Waals surface area contributed by atoms with Crippen LogP contribution in [0.1, 0.15) is 19.4 Å². The fourth-order valence-corrected chi connectivity index (χ4v) is 1.57. The summed E-state index contributed by atoms with van der Waals surface area (Å²) in [5.74, 6) is -0.831. The molecule has 3 N–H and O–H groups in total. The summed E-state index contributed by atoms with van der Waals surface area (Å²) in [5, 5.41) is 2.89. The Morgan fingerprint density at radius 2 is 2.28 bits per heavy atom. The molecule has 0 aromatic heterocycles. The molecule has 0 aliphatic carbocycles. The van der Waals surface area contributed by atoms with Crippen LogP contribution in [0.25, 0.3) is 0 Å². The van der Waals surface area contributed by atoms with Gasteiger partial charge in [0.1, 0.15) is 16.8 Å². The molecule has 0 heterocycles. The zero-order chi connectivity index (χ0) is 13.7. The molecule has 0 bridgehead atoms. The first kappa shape index (κ1) is 14.4. The van der Waals surface area contributed by atoms with Crippen LogP contribution in [-0.4, -0.2) is 23.6 Å². The summed E-state index contributed by atoms with van der Waals surface area (Å²) in [5.41, 5.74) is 6.37. The monoisotopic (exact) mass is 270 g/mol. The van der Waals surface area contributed by atoms with Gasteiger partial charge in [-0.25, -0.2) is 9.18 Å². The molecule has 1 rings (SSSR count). The topological polar surface area (TPSA) is 64.3 Å². The minimum Gasteiger partial charge on any atom is -0.464 e. The van der Waals surface area contributed by atoms with Crippen molar-refractivity contribution < 1.29 is 13.9 Å². The summed E-state index contributed by atoms with van der Waals surface area (Å²) in [6.07, 6.45) is 0. The van der Waals surface area contributed by atoms with Crippen molar-refractivity contribution in [2.75, 3.05) is 11.9 Å². The van der Waals surface area contributed by atoms with Gasteiger partial charge in [-0.1, -0.05) is 12.2 Å². The highest BCUT2D eigenvalue weighted by Crippen LogP contribution is 2.18. The van der Waals surface area contributed by atoms with Crippen LogP contribution in [0.3, 0.4) is 0 Å². The van der Waals surface area contributed by atoms with Crippen molar-refractivity contribution in [1.29, 1.82) is 0 Å². The van der Waals surface area contributed by atoms with E-state index in [-0.39, 0.29) is 4.99 Å². The summed E-state index contributed by atoms with van der Waals surface area (Å²) in [7, 11) is 0. The van der Waals surface area contributed by atoms with Crippen molar-refractivity contribution in [2.45, 2.75) is 19.9 Å². The van der Waals surface area contributed by atoms with Crippen LogP contribution < -0.4 is 11.1 Å². The lowest BCUT2D eigenvalue weighted by Gasteiger charge is -2.16. The van der Waals surface area contributed by atoms with Gasteiger partial charge in [0.2, 0.25) is 0 Å². The second-order valence-electron chi connectivity index (χ2n) is 3.67. The molecule has 0 saturated carbocycles. The van der Waals surface area contributed by atoms with Crippen molar-refractivity contribution in [1.82, 2.24) is 0 Å². The summed E-state index contributed by atoms with van der Waals surface area (Å²) in [4.78, 5) is 11.5. The van der Waals surface area contributed by atoms with Gasteiger partial charge in [-0.3, -0.25) is 0 Å². The normalized spacial score (nSPS) is 11.7. The zero-order valence-corrected chi connectivity index (χ0v) is 11.0. The smallest absolute Gasteiger partial charge is 0.328 e. The highest BCUT2D eigenvalue weighted by Gasteiger charge is 2.16. The van der Waals surface area contributed by atoms with E-state index < -0.39 is 17.8 Å². The number of anilines is 1. The summed E-state index contributed by atoms with van der Waals surface area (Å²) in [6.45, 7) is 3.67. The van der Waals surface area contributed by atoms with Crippen molar-refractivity contribution >= 4 is 28.9 Å². The third-order valence-corrected chi connectivity index (χ3v) is 2.48. The Kier molecular flexibility index (Phi) is 5.03. The third-order valence-electron chi connectivity index (χ3n) is 2.26. The SMILES string of the molecule is CCOC(=O)C(C)Nc1ccc(F)cc1C(N)=S. The molecule has 0 amide bonds. The number of benzene rings is 1. The Bertz CT molecular complexity index is 465. The fraction of sp³-hybridized carbons (Fsp3) is 0.333. The number of thiocarbonyl (C=S) groups is 1. The number of ether oxygens (including phenoxy) is 1. The molecule has 0 spiro atoms. The van der Waals surface area contributed by atoms with Gasteiger partial charge in [0, 0.05) is 11.3 Å². The molecule has 1 unspecified atom stereocenters. The number of hydrogen-bond acceptors (Lipinski definition) is 4. The predicted molar refractivity (Wildman–Crippen MR) is 72.0 cm³/mol. The highest BCUT2D eigenvalue weighted by atomic mass is 32.1. The molecule has 0 aliphatic rings. The van der Waals surface area contributed by atoms with Crippen molar-refractivity contribution in [2.24, 2.45) is 5.73 Å². The lowest BCUT2D eigenvalue weighted by Crippen LogP contribution is -2.29. The van der Waals surface area contributed by atoms with Crippen LogP contribution in [0, 0.1) is 5.82 Å². The standard InChI is InChI=1S/C12H15FN2O2S/c1-3-17-12(16)7(2)15-10-5-4-8(13)6-9(10)11(14)18/h4-7,15H,3H2,1-2H3,(H2,14,18). The van der Waals surface area contributed by atoms with Crippen LogP contribution in [0.4, 0.5) is 10.1 Å². The number of esters is 1. The highest BCUT2D eigenvalue weighted by molar-refractivity contribution is 7.80. The Morgan fingerprint density at radius 3 is 2.83 bits per heavy atom. The molecular weight excluding hydrogens is 255 g/mol. The number of rotatable bonds is 5. The number of halogens is 1. The van der Waals surface area contributed by atoms with E-state index in [4.69, 9.17) is 22.7 Å². The average Bonchev–Trinajstić information content (AvgIpc) is 2.31. The van der Waals surface area contributed by atoms with E-state index in [2.05, 4.69) is 5.32 Å². The molecule has 4 nitrogen and oxygen atoms in total. The van der Waals surface area contributed by atoms with Crippen LogP contribution in [0.2, 0.25) is 0 Å². The van der Waals surface area contributed by atoms with Gasteiger partial charge in [-0.2, -0.15) is 0 Å². The van der Waals surface area contributed by atoms with Crippen molar-refractivity contribution in [3.8, 4) is 0 Å². The van der Waals surface area contributed by atoms with Crippen molar-refractivity contribution in [3.63, 3.8) is 0 Å². The van der Waals surface area contributed by atoms with Gasteiger partial charge >= 0.3 is 5.97 Å². The first-order valence-electron chi connectivity index (χ1n) is 5.48. The summed E-state index contributed by atoms with van der Waals surface area (Å²) < 4.78 is 18.0. The molecule has 0 saturated heterocycles. The molecule has 1 atom stereocenters. The van der Waals surface area contributed by atoms with Gasteiger partial charge in [0.25, 0.3) is 0 Å².